The molecule has 0 aromatic heterocycles. The number of methoxy groups -OCH3 is 1. The Hall–Kier alpha value is -3.75. The number of aromatic hydroxyl groups is 1. The normalized spacial score (nSPS) is 12.7. The fourth-order valence-electron chi connectivity index (χ4n) is 3.92. The van der Waals surface area contributed by atoms with Gasteiger partial charge in [0.2, 0.25) is 5.91 Å². The van der Waals surface area contributed by atoms with E-state index in [0.29, 0.717) is 23.4 Å². The molecule has 2 aromatic carbocycles. The van der Waals surface area contributed by atoms with E-state index in [2.05, 4.69) is 17.6 Å². The first kappa shape index (κ1) is 30.5. The Morgan fingerprint density at radius 1 is 1.03 bits per heavy atom. The van der Waals surface area contributed by atoms with Crippen LogP contribution in [-0.4, -0.2) is 53.2 Å². The summed E-state index contributed by atoms with van der Waals surface area (Å²) >= 11 is 0. The van der Waals surface area contributed by atoms with Gasteiger partial charge in [0.25, 0.3) is 5.91 Å². The Bertz CT molecular complexity index is 1060. The minimum atomic E-state index is -1.05. The molecule has 38 heavy (non-hydrogen) atoms. The zero-order chi connectivity index (χ0) is 28.3. The zero-order valence-electron chi connectivity index (χ0n) is 23.2. The molecule has 0 saturated heterocycles. The highest BCUT2D eigenvalue weighted by Gasteiger charge is 2.34. The molecule has 2 atom stereocenters. The highest BCUT2D eigenvalue weighted by molar-refractivity contribution is 5.99. The number of carbonyl (C=O) groups excluding carboxylic acids is 3. The number of carbonyl (C=O) groups is 3. The number of nitrogens with zero attached hydrogens (tertiary/aromatic N) is 1. The smallest absolute Gasteiger partial charge is 0.408 e. The lowest BCUT2D eigenvalue weighted by Gasteiger charge is -2.33. The van der Waals surface area contributed by atoms with E-state index in [-0.39, 0.29) is 12.3 Å². The molecule has 0 aliphatic rings. The SMILES string of the molecule is CCCCCCN(C(=O)C(C)NC(=O)OC(C)(C)C)C(C(=O)Nc1ccc(OC)cc1)c1cccc(O)c1. The summed E-state index contributed by atoms with van der Waals surface area (Å²) in [7, 11) is 1.56. The third-order valence-electron chi connectivity index (χ3n) is 5.74. The molecule has 3 amide bonds. The maximum atomic E-state index is 13.7. The fraction of sp³-hybridized carbons (Fsp3) is 0.483. The third kappa shape index (κ3) is 9.61. The minimum absolute atomic E-state index is 0.0249. The number of unbranched alkanes of at least 4 members (excludes halogenated alkanes) is 3. The first-order valence-corrected chi connectivity index (χ1v) is 13.0. The van der Waals surface area contributed by atoms with Crippen molar-refractivity contribution in [1.82, 2.24) is 10.2 Å². The molecule has 9 heteroatoms. The Morgan fingerprint density at radius 2 is 1.71 bits per heavy atom. The van der Waals surface area contributed by atoms with Crippen LogP contribution < -0.4 is 15.4 Å². The summed E-state index contributed by atoms with van der Waals surface area (Å²) in [6, 6.07) is 11.1. The van der Waals surface area contributed by atoms with Crippen molar-refractivity contribution in [3.8, 4) is 11.5 Å². The second-order valence-corrected chi connectivity index (χ2v) is 10.2. The van der Waals surface area contributed by atoms with E-state index in [0.717, 1.165) is 19.3 Å². The van der Waals surface area contributed by atoms with Crippen molar-refractivity contribution >= 4 is 23.6 Å². The Kier molecular flexibility index (Phi) is 11.4. The zero-order valence-corrected chi connectivity index (χ0v) is 23.2. The molecule has 0 bridgehead atoms. The number of alkyl carbamates (subject to hydrolysis) is 1. The standard InChI is InChI=1S/C29H41N3O6/c1-7-8-9-10-18-32(27(35)20(2)30-28(36)38-29(3,4)5)25(21-12-11-13-23(33)19-21)26(34)31-22-14-16-24(37-6)17-15-22/h11-17,19-20,25,33H,7-10,18H2,1-6H3,(H,30,36)(H,31,34). The van der Waals surface area contributed by atoms with Gasteiger partial charge in [0.1, 0.15) is 29.2 Å². The van der Waals surface area contributed by atoms with Crippen molar-refractivity contribution in [2.45, 2.75) is 78.0 Å². The third-order valence-corrected chi connectivity index (χ3v) is 5.74. The number of hydrogen-bond donors (Lipinski definition) is 3. The fourth-order valence-corrected chi connectivity index (χ4v) is 3.92. The maximum Gasteiger partial charge on any atom is 0.408 e. The van der Waals surface area contributed by atoms with Gasteiger partial charge in [0.05, 0.1) is 7.11 Å². The molecule has 9 nitrogen and oxygen atoms in total. The summed E-state index contributed by atoms with van der Waals surface area (Å²) in [5, 5.41) is 15.6. The van der Waals surface area contributed by atoms with Crippen molar-refractivity contribution in [1.29, 1.82) is 0 Å². The quantitative estimate of drug-likeness (QED) is 0.318. The second-order valence-electron chi connectivity index (χ2n) is 10.2. The lowest BCUT2D eigenvalue weighted by Crippen LogP contribution is -2.51. The Labute approximate surface area is 225 Å². The van der Waals surface area contributed by atoms with E-state index in [1.807, 2.05) is 0 Å². The second kappa shape index (κ2) is 14.3. The van der Waals surface area contributed by atoms with E-state index in [1.165, 1.54) is 17.0 Å². The molecule has 0 aliphatic heterocycles. The largest absolute Gasteiger partial charge is 0.508 e. The van der Waals surface area contributed by atoms with Gasteiger partial charge in [-0.15, -0.1) is 0 Å². The highest BCUT2D eigenvalue weighted by atomic mass is 16.6. The summed E-state index contributed by atoms with van der Waals surface area (Å²) in [5.74, 6) is -0.273. The lowest BCUT2D eigenvalue weighted by molar-refractivity contribution is -0.140. The van der Waals surface area contributed by atoms with Crippen molar-refractivity contribution in [2.75, 3.05) is 19.0 Å². The number of benzene rings is 2. The molecule has 2 rings (SSSR count). The number of phenols is 1. The van der Waals surface area contributed by atoms with Gasteiger partial charge in [0, 0.05) is 12.2 Å². The number of hydrogen-bond acceptors (Lipinski definition) is 6. The topological polar surface area (TPSA) is 117 Å². The summed E-state index contributed by atoms with van der Waals surface area (Å²) in [6.07, 6.45) is 2.83. The average Bonchev–Trinajstić information content (AvgIpc) is 2.84. The molecule has 0 fully saturated rings. The van der Waals surface area contributed by atoms with Gasteiger partial charge in [0.15, 0.2) is 0 Å². The van der Waals surface area contributed by atoms with Crippen LogP contribution in [0.1, 0.15) is 71.9 Å². The summed E-state index contributed by atoms with van der Waals surface area (Å²) in [5.41, 5.74) is 0.248. The van der Waals surface area contributed by atoms with Gasteiger partial charge in [-0.3, -0.25) is 9.59 Å². The molecule has 2 unspecified atom stereocenters. The molecule has 0 radical (unpaired) electrons. The monoisotopic (exact) mass is 527 g/mol. The van der Waals surface area contributed by atoms with Gasteiger partial charge < -0.3 is 30.1 Å². The van der Waals surface area contributed by atoms with Crippen molar-refractivity contribution in [3.05, 3.63) is 54.1 Å². The summed E-state index contributed by atoms with van der Waals surface area (Å²) < 4.78 is 10.5. The van der Waals surface area contributed by atoms with Gasteiger partial charge in [-0.1, -0.05) is 38.3 Å². The van der Waals surface area contributed by atoms with Crippen molar-refractivity contribution in [2.24, 2.45) is 0 Å². The van der Waals surface area contributed by atoms with Gasteiger partial charge in [-0.2, -0.15) is 0 Å². The number of phenolic OH excluding ortho intramolecular Hbond substituents is 1. The Balaban J connectivity index is 2.41. The Morgan fingerprint density at radius 3 is 2.29 bits per heavy atom. The maximum absolute atomic E-state index is 13.7. The van der Waals surface area contributed by atoms with E-state index in [4.69, 9.17) is 9.47 Å². The van der Waals surface area contributed by atoms with Crippen LogP contribution in [0.3, 0.4) is 0 Å². The van der Waals surface area contributed by atoms with Gasteiger partial charge in [-0.05, 0) is 76.1 Å². The van der Waals surface area contributed by atoms with E-state index < -0.39 is 35.6 Å². The number of amides is 3. The van der Waals surface area contributed by atoms with Crippen LogP contribution in [0, 0.1) is 0 Å². The summed E-state index contributed by atoms with van der Waals surface area (Å²) in [6.45, 7) is 9.15. The molecule has 3 N–H and O–H groups in total. The molecule has 208 valence electrons. The highest BCUT2D eigenvalue weighted by Crippen LogP contribution is 2.28. The van der Waals surface area contributed by atoms with Crippen LogP contribution in [0.4, 0.5) is 10.5 Å². The number of rotatable bonds is 12. The van der Waals surface area contributed by atoms with Crippen LogP contribution in [0.5, 0.6) is 11.5 Å². The predicted octanol–water partition coefficient (Wildman–Crippen LogP) is 5.40. The molecule has 0 aliphatic carbocycles. The minimum Gasteiger partial charge on any atom is -0.508 e. The van der Waals surface area contributed by atoms with Gasteiger partial charge in [-0.25, -0.2) is 4.79 Å². The van der Waals surface area contributed by atoms with E-state index >= 15 is 0 Å². The summed E-state index contributed by atoms with van der Waals surface area (Å²) in [4.78, 5) is 41.3. The number of anilines is 1. The predicted molar refractivity (Wildman–Crippen MR) is 147 cm³/mol. The van der Waals surface area contributed by atoms with Crippen LogP contribution in [0.15, 0.2) is 48.5 Å². The van der Waals surface area contributed by atoms with Crippen LogP contribution in [0.2, 0.25) is 0 Å². The van der Waals surface area contributed by atoms with Crippen LogP contribution >= 0.6 is 0 Å². The number of ether oxygens (including phenoxy) is 2. The molecule has 0 heterocycles. The van der Waals surface area contributed by atoms with Crippen molar-refractivity contribution in [3.63, 3.8) is 0 Å². The van der Waals surface area contributed by atoms with Crippen LogP contribution in [0.25, 0.3) is 0 Å². The lowest BCUT2D eigenvalue weighted by atomic mass is 10.0. The molecular formula is C29H41N3O6. The average molecular weight is 528 g/mol. The van der Waals surface area contributed by atoms with Crippen molar-refractivity contribution < 1.29 is 29.0 Å². The number of nitrogens with one attached hydrogen (secondary N) is 2. The van der Waals surface area contributed by atoms with E-state index in [1.54, 1.807) is 71.2 Å². The first-order chi connectivity index (χ1) is 17.9. The molecule has 0 saturated carbocycles. The van der Waals surface area contributed by atoms with E-state index in [9.17, 15) is 19.5 Å². The molecular weight excluding hydrogens is 486 g/mol. The molecule has 2 aromatic rings. The molecule has 0 spiro atoms. The first-order valence-electron chi connectivity index (χ1n) is 13.0. The van der Waals surface area contributed by atoms with Gasteiger partial charge >= 0.3 is 6.09 Å². The van der Waals surface area contributed by atoms with Crippen LogP contribution in [-0.2, 0) is 14.3 Å².